The Bertz CT molecular complexity index is 579. The molecule has 0 saturated heterocycles. The molecule has 0 fully saturated rings. The fourth-order valence-corrected chi connectivity index (χ4v) is 2.05. The Kier molecular flexibility index (Phi) is 7.03. The summed E-state index contributed by atoms with van der Waals surface area (Å²) in [5.74, 6) is -0.449. The van der Waals surface area contributed by atoms with Crippen LogP contribution in [0, 0.1) is 0 Å². The lowest BCUT2D eigenvalue weighted by Gasteiger charge is -2.27. The van der Waals surface area contributed by atoms with Crippen LogP contribution < -0.4 is 4.74 Å². The predicted molar refractivity (Wildman–Crippen MR) is 88.0 cm³/mol. The number of carboxylic acid groups (broad SMARTS) is 1. The summed E-state index contributed by atoms with van der Waals surface area (Å²) < 4.78 is 15.6. The third kappa shape index (κ3) is 6.45. The maximum absolute atomic E-state index is 12.3. The first-order valence-electron chi connectivity index (χ1n) is 7.50. The number of nitrogens with zero attached hydrogens (tertiary/aromatic N) is 1. The van der Waals surface area contributed by atoms with E-state index in [0.29, 0.717) is 12.4 Å². The highest BCUT2D eigenvalue weighted by molar-refractivity contribution is 5.77. The lowest BCUT2D eigenvalue weighted by molar-refractivity contribution is -0.138. The molecule has 0 atom stereocenters. The highest BCUT2D eigenvalue weighted by Crippen LogP contribution is 2.21. The van der Waals surface area contributed by atoms with Crippen LogP contribution in [0.4, 0.5) is 4.79 Å². The molecule has 1 aromatic carbocycles. The van der Waals surface area contributed by atoms with Crippen molar-refractivity contribution in [2.45, 2.75) is 39.5 Å². The number of benzene rings is 1. The number of carboxylic acids is 1. The lowest BCUT2D eigenvalue weighted by atomic mass is 10.1. The summed E-state index contributed by atoms with van der Waals surface area (Å²) in [6.07, 6.45) is -0.677. The zero-order valence-electron chi connectivity index (χ0n) is 14.8. The molecule has 1 aromatic rings. The van der Waals surface area contributed by atoms with Crippen molar-refractivity contribution in [2.24, 2.45) is 0 Å². The minimum Gasteiger partial charge on any atom is -0.497 e. The number of carbonyl (C=O) groups excluding carboxylic acids is 1. The average Bonchev–Trinajstić information content (AvgIpc) is 2.46. The predicted octanol–water partition coefficient (Wildman–Crippen LogP) is 2.66. The van der Waals surface area contributed by atoms with E-state index < -0.39 is 24.2 Å². The van der Waals surface area contributed by atoms with E-state index in [9.17, 15) is 9.59 Å². The summed E-state index contributed by atoms with van der Waals surface area (Å²) in [5.41, 5.74) is 0.879. The molecule has 0 radical (unpaired) electrons. The average molecular weight is 339 g/mol. The van der Waals surface area contributed by atoms with Crippen LogP contribution in [0.3, 0.4) is 0 Å². The fraction of sp³-hybridized carbons (Fsp3) is 0.529. The molecule has 0 saturated carbocycles. The molecule has 1 rings (SSSR count). The number of hydrogen-bond acceptors (Lipinski definition) is 5. The van der Waals surface area contributed by atoms with Crippen LogP contribution >= 0.6 is 0 Å². The normalized spacial score (nSPS) is 11.0. The summed E-state index contributed by atoms with van der Waals surface area (Å²) >= 11 is 0. The Hall–Kier alpha value is -2.28. The van der Waals surface area contributed by atoms with Gasteiger partial charge in [-0.25, -0.2) is 4.79 Å². The first kappa shape index (κ1) is 19.8. The van der Waals surface area contributed by atoms with E-state index in [1.807, 2.05) is 0 Å². The van der Waals surface area contributed by atoms with Gasteiger partial charge in [0.25, 0.3) is 0 Å². The summed E-state index contributed by atoms with van der Waals surface area (Å²) in [5, 5.41) is 9.07. The monoisotopic (exact) mass is 339 g/mol. The van der Waals surface area contributed by atoms with Crippen molar-refractivity contribution >= 4 is 12.1 Å². The van der Waals surface area contributed by atoms with E-state index >= 15 is 0 Å². The molecule has 0 heterocycles. The number of rotatable bonds is 7. The first-order valence-corrected chi connectivity index (χ1v) is 7.50. The van der Waals surface area contributed by atoms with Gasteiger partial charge in [-0.3, -0.25) is 9.69 Å². The summed E-state index contributed by atoms with van der Waals surface area (Å²) in [6.45, 7) is 5.16. The first-order chi connectivity index (χ1) is 11.2. The second-order valence-electron chi connectivity index (χ2n) is 6.30. The fourth-order valence-electron chi connectivity index (χ4n) is 2.05. The van der Waals surface area contributed by atoms with E-state index in [-0.39, 0.29) is 6.54 Å². The van der Waals surface area contributed by atoms with Gasteiger partial charge in [-0.2, -0.15) is 0 Å². The van der Waals surface area contributed by atoms with E-state index in [1.165, 1.54) is 0 Å². The summed E-state index contributed by atoms with van der Waals surface area (Å²) in [7, 11) is 3.12. The second-order valence-corrected chi connectivity index (χ2v) is 6.30. The molecule has 0 aromatic heterocycles. The second kappa shape index (κ2) is 8.54. The van der Waals surface area contributed by atoms with E-state index in [1.54, 1.807) is 53.2 Å². The Morgan fingerprint density at radius 2 is 1.83 bits per heavy atom. The largest absolute Gasteiger partial charge is 0.497 e. The molecule has 134 valence electrons. The molecule has 0 aliphatic rings. The standard InChI is InChI=1S/C17H25NO6/c1-17(2,3)24-16(21)18(10-15(19)20)9-12-6-7-14(23-5)8-13(12)11-22-4/h6-8H,9-11H2,1-5H3,(H,19,20). The van der Waals surface area contributed by atoms with E-state index in [2.05, 4.69) is 0 Å². The molecule has 0 aliphatic carbocycles. The summed E-state index contributed by atoms with van der Waals surface area (Å²) in [6, 6.07) is 5.34. The van der Waals surface area contributed by atoms with Crippen LogP contribution in [-0.4, -0.2) is 48.4 Å². The Morgan fingerprint density at radius 3 is 2.33 bits per heavy atom. The smallest absolute Gasteiger partial charge is 0.411 e. The molecule has 0 aliphatic heterocycles. The van der Waals surface area contributed by atoms with Crippen molar-refractivity contribution in [1.29, 1.82) is 0 Å². The summed E-state index contributed by atoms with van der Waals surface area (Å²) in [4.78, 5) is 24.5. The van der Waals surface area contributed by atoms with Crippen molar-refractivity contribution in [3.63, 3.8) is 0 Å². The van der Waals surface area contributed by atoms with Gasteiger partial charge >= 0.3 is 12.1 Å². The minimum absolute atomic E-state index is 0.101. The number of carbonyl (C=O) groups is 2. The molecule has 24 heavy (non-hydrogen) atoms. The van der Waals surface area contributed by atoms with Gasteiger partial charge in [0.05, 0.1) is 20.3 Å². The number of ether oxygens (including phenoxy) is 3. The molecule has 0 spiro atoms. The molecule has 1 amide bonds. The van der Waals surface area contributed by atoms with Crippen LogP contribution in [0.15, 0.2) is 18.2 Å². The van der Waals surface area contributed by atoms with Gasteiger partial charge in [0.1, 0.15) is 17.9 Å². The zero-order valence-corrected chi connectivity index (χ0v) is 14.8. The maximum Gasteiger partial charge on any atom is 0.411 e. The van der Waals surface area contributed by atoms with Crippen LogP contribution in [0.1, 0.15) is 31.9 Å². The Morgan fingerprint density at radius 1 is 1.17 bits per heavy atom. The van der Waals surface area contributed by atoms with E-state index in [4.69, 9.17) is 19.3 Å². The third-order valence-electron chi connectivity index (χ3n) is 3.05. The molecule has 0 unspecified atom stereocenters. The van der Waals surface area contributed by atoms with Gasteiger partial charge in [0.2, 0.25) is 0 Å². The third-order valence-corrected chi connectivity index (χ3v) is 3.05. The highest BCUT2D eigenvalue weighted by Gasteiger charge is 2.24. The molecular weight excluding hydrogens is 314 g/mol. The van der Waals surface area contributed by atoms with Gasteiger partial charge in [0.15, 0.2) is 0 Å². The van der Waals surface area contributed by atoms with E-state index in [0.717, 1.165) is 16.0 Å². The molecule has 1 N–H and O–H groups in total. The van der Waals surface area contributed by atoms with Crippen molar-refractivity contribution in [3.8, 4) is 5.75 Å². The van der Waals surface area contributed by atoms with Crippen LogP contribution in [-0.2, 0) is 27.4 Å². The van der Waals surface area contributed by atoms with Crippen LogP contribution in [0.5, 0.6) is 5.75 Å². The van der Waals surface area contributed by atoms with Gasteiger partial charge in [-0.05, 0) is 44.0 Å². The minimum atomic E-state index is -1.11. The Balaban J connectivity index is 3.05. The highest BCUT2D eigenvalue weighted by atomic mass is 16.6. The number of aliphatic carboxylic acids is 1. The molecule has 7 nitrogen and oxygen atoms in total. The van der Waals surface area contributed by atoms with Gasteiger partial charge in [-0.1, -0.05) is 6.07 Å². The number of methoxy groups -OCH3 is 2. The number of hydrogen-bond donors (Lipinski definition) is 1. The van der Waals surface area contributed by atoms with Gasteiger partial charge in [0, 0.05) is 7.11 Å². The number of amides is 1. The van der Waals surface area contributed by atoms with Crippen LogP contribution in [0.25, 0.3) is 0 Å². The SMILES string of the molecule is COCc1cc(OC)ccc1CN(CC(=O)O)C(=O)OC(C)(C)C. The topological polar surface area (TPSA) is 85.3 Å². The quantitative estimate of drug-likeness (QED) is 0.822. The molecular formula is C17H25NO6. The van der Waals surface area contributed by atoms with Crippen molar-refractivity contribution in [1.82, 2.24) is 4.90 Å². The van der Waals surface area contributed by atoms with Gasteiger partial charge in [-0.15, -0.1) is 0 Å². The molecule has 0 bridgehead atoms. The molecule has 7 heteroatoms. The zero-order chi connectivity index (χ0) is 18.3. The van der Waals surface area contributed by atoms with Crippen LogP contribution in [0.2, 0.25) is 0 Å². The lowest BCUT2D eigenvalue weighted by Crippen LogP contribution is -2.39. The van der Waals surface area contributed by atoms with Crippen molar-refractivity contribution in [3.05, 3.63) is 29.3 Å². The maximum atomic E-state index is 12.3. The van der Waals surface area contributed by atoms with Gasteiger partial charge < -0.3 is 19.3 Å². The van der Waals surface area contributed by atoms with Crippen molar-refractivity contribution in [2.75, 3.05) is 20.8 Å². The Labute approximate surface area is 142 Å². The van der Waals surface area contributed by atoms with Crippen molar-refractivity contribution < 1.29 is 28.9 Å².